The lowest BCUT2D eigenvalue weighted by Crippen LogP contribution is -2.22. The quantitative estimate of drug-likeness (QED) is 0.424. The highest BCUT2D eigenvalue weighted by Gasteiger charge is 2.14. The van der Waals surface area contributed by atoms with E-state index < -0.39 is 10.0 Å². The molecule has 30 heavy (non-hydrogen) atoms. The number of hydrogen-bond donors (Lipinski definition) is 2. The van der Waals surface area contributed by atoms with Crippen LogP contribution in [0, 0.1) is 0 Å². The highest BCUT2D eigenvalue weighted by Crippen LogP contribution is 2.14. The third-order valence-corrected chi connectivity index (χ3v) is 5.59. The molecule has 8 heteroatoms. The molecular weight excluding hydrogens is 404 g/mol. The second-order valence-corrected chi connectivity index (χ2v) is 8.20. The Bertz CT molecular complexity index is 1160. The number of amides is 1. The van der Waals surface area contributed by atoms with E-state index in [1.807, 2.05) is 0 Å². The summed E-state index contributed by atoms with van der Waals surface area (Å²) in [5.41, 5.74) is 1.68. The fourth-order valence-corrected chi connectivity index (χ4v) is 3.59. The molecule has 0 spiro atoms. The molecule has 0 bridgehead atoms. The summed E-state index contributed by atoms with van der Waals surface area (Å²) in [6.07, 6.45) is 4.37. The lowest BCUT2D eigenvalue weighted by Gasteiger charge is -2.06. The third-order valence-electron chi connectivity index (χ3n) is 4.17. The van der Waals surface area contributed by atoms with Gasteiger partial charge in [-0.3, -0.25) is 9.59 Å². The Balaban J connectivity index is 1.60. The largest absolute Gasteiger partial charge is 0.468 e. The topological polar surface area (TPSA) is 105 Å². The van der Waals surface area contributed by atoms with Crippen LogP contribution >= 0.6 is 0 Å². The van der Waals surface area contributed by atoms with E-state index in [4.69, 9.17) is 4.42 Å². The number of anilines is 1. The van der Waals surface area contributed by atoms with Crippen LogP contribution in [0.25, 0.3) is 6.08 Å². The Morgan fingerprint density at radius 3 is 2.47 bits per heavy atom. The Hall–Kier alpha value is -3.49. The number of carbonyl (C=O) groups is 2. The maximum absolute atomic E-state index is 12.3. The SMILES string of the molecule is CC(=O)c1cccc(NC(=O)/C=C\c2ccc(S(=O)(=O)NCc3ccco3)cc2)c1. The van der Waals surface area contributed by atoms with Gasteiger partial charge in [-0.1, -0.05) is 24.3 Å². The molecule has 0 saturated heterocycles. The molecule has 0 atom stereocenters. The van der Waals surface area contributed by atoms with Crippen LogP contribution in [0.5, 0.6) is 0 Å². The van der Waals surface area contributed by atoms with Crippen molar-refractivity contribution in [3.63, 3.8) is 0 Å². The van der Waals surface area contributed by atoms with Crippen molar-refractivity contribution >= 4 is 33.5 Å². The zero-order chi connectivity index (χ0) is 21.6. The zero-order valence-electron chi connectivity index (χ0n) is 16.2. The van der Waals surface area contributed by atoms with E-state index in [9.17, 15) is 18.0 Å². The van der Waals surface area contributed by atoms with Crippen molar-refractivity contribution in [2.24, 2.45) is 0 Å². The molecule has 2 N–H and O–H groups in total. The van der Waals surface area contributed by atoms with Gasteiger partial charge in [0.05, 0.1) is 17.7 Å². The second kappa shape index (κ2) is 9.34. The van der Waals surface area contributed by atoms with E-state index in [-0.39, 0.29) is 23.1 Å². The first-order chi connectivity index (χ1) is 14.3. The Labute approximate surface area is 174 Å². The second-order valence-electron chi connectivity index (χ2n) is 6.43. The number of carbonyl (C=O) groups excluding carboxylic acids is 2. The van der Waals surface area contributed by atoms with Gasteiger partial charge in [0.25, 0.3) is 0 Å². The summed E-state index contributed by atoms with van der Waals surface area (Å²) in [6, 6.07) is 16.1. The van der Waals surface area contributed by atoms with Gasteiger partial charge in [0.2, 0.25) is 15.9 Å². The molecule has 0 aliphatic carbocycles. The lowest BCUT2D eigenvalue weighted by atomic mass is 10.1. The number of hydrogen-bond acceptors (Lipinski definition) is 5. The summed E-state index contributed by atoms with van der Waals surface area (Å²) in [5.74, 6) is 0.0563. The number of rotatable bonds is 8. The van der Waals surface area contributed by atoms with Gasteiger partial charge in [-0.05, 0) is 55.0 Å². The first kappa shape index (κ1) is 21.2. The first-order valence-electron chi connectivity index (χ1n) is 9.06. The van der Waals surface area contributed by atoms with E-state index in [0.717, 1.165) is 0 Å². The van der Waals surface area contributed by atoms with E-state index in [1.54, 1.807) is 54.6 Å². The average molecular weight is 424 g/mol. The minimum atomic E-state index is -3.68. The minimum Gasteiger partial charge on any atom is -0.468 e. The normalized spacial score (nSPS) is 11.5. The van der Waals surface area contributed by atoms with E-state index in [0.29, 0.717) is 22.6 Å². The monoisotopic (exact) mass is 424 g/mol. The van der Waals surface area contributed by atoms with Crippen LogP contribution in [0.15, 0.2) is 82.3 Å². The van der Waals surface area contributed by atoms with Gasteiger partial charge in [0.15, 0.2) is 5.78 Å². The summed E-state index contributed by atoms with van der Waals surface area (Å²) in [5, 5.41) is 2.68. The van der Waals surface area contributed by atoms with Gasteiger partial charge < -0.3 is 9.73 Å². The van der Waals surface area contributed by atoms with E-state index in [2.05, 4.69) is 10.0 Å². The van der Waals surface area contributed by atoms with Gasteiger partial charge in [-0.15, -0.1) is 0 Å². The summed E-state index contributed by atoms with van der Waals surface area (Å²) in [7, 11) is -3.68. The van der Waals surface area contributed by atoms with Crippen molar-refractivity contribution in [1.82, 2.24) is 4.72 Å². The molecule has 0 aliphatic heterocycles. The van der Waals surface area contributed by atoms with Crippen molar-refractivity contribution in [2.75, 3.05) is 5.32 Å². The van der Waals surface area contributed by atoms with Gasteiger partial charge in [-0.25, -0.2) is 13.1 Å². The fourth-order valence-electron chi connectivity index (χ4n) is 2.59. The number of ketones is 1. The maximum atomic E-state index is 12.3. The van der Waals surface area contributed by atoms with Crippen LogP contribution in [0.3, 0.4) is 0 Å². The van der Waals surface area contributed by atoms with Crippen LogP contribution < -0.4 is 10.0 Å². The van der Waals surface area contributed by atoms with Crippen LogP contribution in [-0.2, 0) is 21.4 Å². The smallest absolute Gasteiger partial charge is 0.248 e. The molecule has 0 radical (unpaired) electrons. The van der Waals surface area contributed by atoms with Crippen molar-refractivity contribution in [1.29, 1.82) is 0 Å². The Morgan fingerprint density at radius 1 is 1.03 bits per heavy atom. The van der Waals surface area contributed by atoms with Crippen molar-refractivity contribution in [3.8, 4) is 0 Å². The molecule has 1 amide bonds. The Morgan fingerprint density at radius 2 is 1.80 bits per heavy atom. The zero-order valence-corrected chi connectivity index (χ0v) is 17.0. The minimum absolute atomic E-state index is 0.0575. The fraction of sp³-hybridized carbons (Fsp3) is 0.0909. The van der Waals surface area contributed by atoms with Crippen LogP contribution in [0.2, 0.25) is 0 Å². The van der Waals surface area contributed by atoms with Crippen molar-refractivity contribution in [3.05, 3.63) is 89.9 Å². The highest BCUT2D eigenvalue weighted by molar-refractivity contribution is 7.89. The molecule has 1 heterocycles. The molecule has 1 aromatic heterocycles. The number of Topliss-reactive ketones (excluding diaryl/α,β-unsaturated/α-hetero) is 1. The molecule has 7 nitrogen and oxygen atoms in total. The predicted molar refractivity (Wildman–Crippen MR) is 113 cm³/mol. The van der Waals surface area contributed by atoms with Crippen LogP contribution in [0.4, 0.5) is 5.69 Å². The van der Waals surface area contributed by atoms with Gasteiger partial charge in [0.1, 0.15) is 5.76 Å². The molecule has 154 valence electrons. The summed E-state index contributed by atoms with van der Waals surface area (Å²) in [6.45, 7) is 1.51. The molecule has 0 aliphatic rings. The number of nitrogens with one attached hydrogen (secondary N) is 2. The molecule has 0 unspecified atom stereocenters. The molecule has 2 aromatic carbocycles. The molecular formula is C22H20N2O5S. The highest BCUT2D eigenvalue weighted by atomic mass is 32.2. The number of furan rings is 1. The molecule has 0 saturated carbocycles. The van der Waals surface area contributed by atoms with E-state index in [1.165, 1.54) is 31.4 Å². The summed E-state index contributed by atoms with van der Waals surface area (Å²) < 4.78 is 32.2. The first-order valence-corrected chi connectivity index (χ1v) is 10.5. The maximum Gasteiger partial charge on any atom is 0.248 e. The number of benzene rings is 2. The Kier molecular flexibility index (Phi) is 6.61. The molecule has 0 fully saturated rings. The van der Waals surface area contributed by atoms with Gasteiger partial charge in [-0.2, -0.15) is 0 Å². The average Bonchev–Trinajstić information content (AvgIpc) is 3.25. The molecule has 3 rings (SSSR count). The predicted octanol–water partition coefficient (Wildman–Crippen LogP) is 3.61. The van der Waals surface area contributed by atoms with Crippen molar-refractivity contribution < 1.29 is 22.4 Å². The standard InChI is InChI=1S/C22H20N2O5S/c1-16(25)18-4-2-5-19(14-18)24-22(26)12-9-17-7-10-21(11-8-17)30(27,28)23-15-20-6-3-13-29-20/h2-14,23H,15H2,1H3,(H,24,26)/b12-9-. The number of sulfonamides is 1. The van der Waals surface area contributed by atoms with Crippen molar-refractivity contribution in [2.45, 2.75) is 18.4 Å². The van der Waals surface area contributed by atoms with E-state index >= 15 is 0 Å². The van der Waals surface area contributed by atoms with Gasteiger partial charge >= 0.3 is 0 Å². The summed E-state index contributed by atoms with van der Waals surface area (Å²) in [4.78, 5) is 23.6. The summed E-state index contributed by atoms with van der Waals surface area (Å²) >= 11 is 0. The molecule has 3 aromatic rings. The van der Waals surface area contributed by atoms with Crippen LogP contribution in [-0.4, -0.2) is 20.1 Å². The third kappa shape index (κ3) is 5.76. The van der Waals surface area contributed by atoms with Crippen LogP contribution in [0.1, 0.15) is 28.6 Å². The van der Waals surface area contributed by atoms with Gasteiger partial charge in [0, 0.05) is 17.3 Å². The lowest BCUT2D eigenvalue weighted by molar-refractivity contribution is -0.111.